The number of nitrogens with two attached hydrogens (primary N) is 2. The number of hydrogen-bond donors (Lipinski definition) is 4. The molecule has 0 aliphatic carbocycles. The molecule has 0 aromatic carbocycles. The minimum absolute atomic E-state index is 0. The molecule has 0 aromatic rings. The average Bonchev–Trinajstić information content (AvgIpc) is 2.30. The number of hydrogen-bond acceptors (Lipinski definition) is 9. The number of carboxylic acid groups (broad SMARTS) is 4. The molecule has 2 unspecified atom stereocenters. The number of rotatable bonds is 6. The zero-order valence-corrected chi connectivity index (χ0v) is 17.3. The van der Waals surface area contributed by atoms with Crippen molar-refractivity contribution in [1.82, 2.24) is 0 Å². The number of carbonyl (C=O) groups is 4. The Hall–Kier alpha value is -1.19. The summed E-state index contributed by atoms with van der Waals surface area (Å²) in [5.74, 6) is -5.58. The van der Waals surface area contributed by atoms with Crippen LogP contribution in [0.1, 0.15) is 12.8 Å². The number of carbonyl (C=O) groups excluding carboxylic acids is 2. The minimum atomic E-state index is -1.58. The summed E-state index contributed by atoms with van der Waals surface area (Å²) >= 11 is 0.125. The van der Waals surface area contributed by atoms with Crippen molar-refractivity contribution in [1.29, 1.82) is 0 Å². The second kappa shape index (κ2) is 19.8. The molecule has 0 fully saturated rings. The quantitative estimate of drug-likeness (QED) is 0.291. The molecule has 0 amide bonds. The standard InChI is InChI=1S/2C4H7NO4.H2O.O.2Zn/c2*5-2(4(8)9)1-3(6)7;;;;/h2*2H,1,5H2,(H,6,7)(H,8,9);1H2;;;/q;;;;;+2/p-2/i;;;;2*1-1. The topological polar surface area (TPSA) is 255 Å². The molecule has 0 spiro atoms. The fourth-order valence-corrected chi connectivity index (χ4v) is 0.538. The predicted octanol–water partition coefficient (Wildman–Crippen LogP) is -5.87. The Labute approximate surface area is 146 Å². The summed E-state index contributed by atoms with van der Waals surface area (Å²) < 4.78 is 8.38. The van der Waals surface area contributed by atoms with E-state index in [-0.39, 0.29) is 43.2 Å². The van der Waals surface area contributed by atoms with Gasteiger partial charge in [0.2, 0.25) is 0 Å². The maximum atomic E-state index is 9.85. The molecule has 22 heavy (non-hydrogen) atoms. The van der Waals surface area contributed by atoms with Gasteiger partial charge in [0.1, 0.15) is 6.04 Å². The van der Waals surface area contributed by atoms with Gasteiger partial charge in [0.05, 0.1) is 12.4 Å². The monoisotopic (exact) mass is 426 g/mol. The molecule has 8 N–H and O–H groups in total. The molecule has 2 atom stereocenters. The van der Waals surface area contributed by atoms with E-state index in [4.69, 9.17) is 25.3 Å². The Kier molecular flexibility index (Phi) is 29.4. The second-order valence-electron chi connectivity index (χ2n) is 3.04. The number of aliphatic carboxylic acids is 4. The van der Waals surface area contributed by atoms with Crippen LogP contribution in [0.15, 0.2) is 0 Å². The van der Waals surface area contributed by atoms with Crippen LogP contribution in [0.25, 0.3) is 0 Å². The molecule has 120 valence electrons. The Bertz CT molecular complexity index is 322. The molecule has 0 aromatic heterocycles. The summed E-state index contributed by atoms with van der Waals surface area (Å²) in [5.41, 5.74) is 9.57. The molecule has 0 bridgehead atoms. The molecule has 0 radical (unpaired) electrons. The molecule has 0 saturated heterocycles. The first kappa shape index (κ1) is 32.7. The van der Waals surface area contributed by atoms with Gasteiger partial charge in [-0.2, -0.15) is 0 Å². The van der Waals surface area contributed by atoms with Gasteiger partial charge in [-0.15, -0.1) is 0 Å². The van der Waals surface area contributed by atoms with E-state index in [9.17, 15) is 29.4 Å². The normalized spacial score (nSPS) is 10.5. The van der Waals surface area contributed by atoms with E-state index in [1.54, 1.807) is 0 Å². The Balaban J connectivity index is -0.0000000726. The van der Waals surface area contributed by atoms with Crippen molar-refractivity contribution in [2.45, 2.75) is 24.9 Å². The van der Waals surface area contributed by atoms with Crippen molar-refractivity contribution in [3.8, 4) is 0 Å². The molecule has 14 heteroatoms. The average molecular weight is 426 g/mol. The van der Waals surface area contributed by atoms with Crippen LogP contribution in [0, 0.1) is 0 Å². The van der Waals surface area contributed by atoms with Crippen molar-refractivity contribution >= 4 is 23.9 Å². The van der Waals surface area contributed by atoms with Crippen LogP contribution in [-0.2, 0) is 60.5 Å². The fraction of sp³-hybridized carbons (Fsp3) is 0.500. The third-order valence-corrected chi connectivity index (χ3v) is 1.40. The van der Waals surface area contributed by atoms with Gasteiger partial charge in [-0.25, -0.2) is 0 Å². The van der Waals surface area contributed by atoms with Crippen LogP contribution in [0.4, 0.5) is 0 Å². The van der Waals surface area contributed by atoms with Crippen molar-refractivity contribution in [2.75, 3.05) is 0 Å². The van der Waals surface area contributed by atoms with E-state index in [1.807, 2.05) is 0 Å². The molecule has 0 aliphatic heterocycles. The van der Waals surface area contributed by atoms with Crippen molar-refractivity contribution in [2.24, 2.45) is 11.5 Å². The van der Waals surface area contributed by atoms with E-state index in [0.717, 1.165) is 0 Å². The zero-order chi connectivity index (χ0) is 16.9. The van der Waals surface area contributed by atoms with Crippen LogP contribution >= 0.6 is 0 Å². The van der Waals surface area contributed by atoms with Gasteiger partial charge in [0.25, 0.3) is 0 Å². The van der Waals surface area contributed by atoms with Gasteiger partial charge in [-0.1, -0.05) is 0 Å². The van der Waals surface area contributed by atoms with Crippen molar-refractivity contribution < 1.29 is 86.4 Å². The first-order valence-electron chi connectivity index (χ1n) is 4.73. The van der Waals surface area contributed by atoms with Crippen LogP contribution in [-0.4, -0.2) is 51.7 Å². The van der Waals surface area contributed by atoms with Crippen LogP contribution in [0.5, 0.6) is 0 Å². The summed E-state index contributed by atoms with van der Waals surface area (Å²) in [4.78, 5) is 39.0. The van der Waals surface area contributed by atoms with Gasteiger partial charge in [0.15, 0.2) is 0 Å². The van der Waals surface area contributed by atoms with Crippen LogP contribution in [0.2, 0.25) is 0 Å². The summed E-state index contributed by atoms with van der Waals surface area (Å²) in [5, 5.41) is 35.4. The van der Waals surface area contributed by atoms with Crippen molar-refractivity contribution in [3.63, 3.8) is 0 Å². The van der Waals surface area contributed by atoms with E-state index in [1.165, 1.54) is 0 Å². The molecule has 0 rings (SSSR count). The second-order valence-corrected chi connectivity index (χ2v) is 3.04. The Morgan fingerprint density at radius 3 is 1.41 bits per heavy atom. The number of carboxylic acids is 4. The summed E-state index contributed by atoms with van der Waals surface area (Å²) in [7, 11) is 0. The first-order valence-corrected chi connectivity index (χ1v) is 5.94. The molecule has 12 nitrogen and oxygen atoms in total. The van der Waals surface area contributed by atoms with Crippen LogP contribution in [0.3, 0.4) is 0 Å². The third kappa shape index (κ3) is 27.2. The molecular formula is C8H14N2O10Zn2. The van der Waals surface area contributed by atoms with Gasteiger partial charge in [-0.05, 0) is 0 Å². The van der Waals surface area contributed by atoms with Gasteiger partial charge in [0, 0.05) is 18.4 Å². The Morgan fingerprint density at radius 1 is 0.955 bits per heavy atom. The molecule has 0 aliphatic rings. The molecule has 0 saturated carbocycles. The summed E-state index contributed by atoms with van der Waals surface area (Å²) in [6, 6.07) is -2.75. The molecular weight excluding hydrogens is 412 g/mol. The van der Waals surface area contributed by atoms with Gasteiger partial charge < -0.3 is 47.0 Å². The maximum absolute atomic E-state index is 9.85. The molecule has 0 heterocycles. The Morgan fingerprint density at radius 2 is 1.32 bits per heavy atom. The van der Waals surface area contributed by atoms with E-state index >= 15 is 0 Å². The van der Waals surface area contributed by atoms with Gasteiger partial charge >= 0.3 is 53.2 Å². The predicted molar refractivity (Wildman–Crippen MR) is 54.8 cm³/mol. The first-order chi connectivity index (χ1) is 9.07. The van der Waals surface area contributed by atoms with E-state index in [0.29, 0.717) is 0 Å². The summed E-state index contributed by atoms with van der Waals surface area (Å²) in [6.07, 6.45) is -1.24. The zero-order valence-electron chi connectivity index (χ0n) is 11.4. The van der Waals surface area contributed by atoms with Crippen LogP contribution < -0.4 is 21.7 Å². The summed E-state index contributed by atoms with van der Waals surface area (Å²) in [6.45, 7) is 0. The van der Waals surface area contributed by atoms with E-state index < -0.39 is 48.8 Å². The van der Waals surface area contributed by atoms with Gasteiger partial charge in [-0.3, -0.25) is 9.59 Å². The third-order valence-electron chi connectivity index (χ3n) is 1.40. The van der Waals surface area contributed by atoms with E-state index in [2.05, 4.69) is 0 Å². The van der Waals surface area contributed by atoms with Crippen molar-refractivity contribution in [3.05, 3.63) is 0 Å². The SMILES string of the molecule is NC(CC(=O)O)C(=O)O.NC(CC(=O)[O-])C(=O)[O-].O.[64Zn+2].[O]=[64Zn]. The fourth-order valence-electron chi connectivity index (χ4n) is 0.538.